The van der Waals surface area contributed by atoms with Gasteiger partial charge in [0.2, 0.25) is 0 Å². The van der Waals surface area contributed by atoms with Crippen LogP contribution in [0, 0.1) is 11.3 Å². The Morgan fingerprint density at radius 2 is 2.12 bits per heavy atom. The standard InChI is InChI=1S/C10H14N4O2/c1-15-6-7-16-5-4-14-10-9(8-11)12-2-3-13-10/h2-3H,4-7H2,1H3,(H,13,14). The van der Waals surface area contributed by atoms with Crippen LogP contribution in [0.3, 0.4) is 0 Å². The molecule has 0 bridgehead atoms. The summed E-state index contributed by atoms with van der Waals surface area (Å²) in [5, 5.41) is 11.7. The molecule has 0 amide bonds. The van der Waals surface area contributed by atoms with Crippen molar-refractivity contribution in [2.24, 2.45) is 0 Å². The molecule has 0 aromatic carbocycles. The predicted molar refractivity (Wildman–Crippen MR) is 57.9 cm³/mol. The summed E-state index contributed by atoms with van der Waals surface area (Å²) in [4.78, 5) is 7.89. The molecule has 86 valence electrons. The van der Waals surface area contributed by atoms with Gasteiger partial charge in [-0.1, -0.05) is 0 Å². The lowest BCUT2D eigenvalue weighted by Gasteiger charge is -2.06. The molecule has 0 aliphatic carbocycles. The first-order chi connectivity index (χ1) is 7.88. The number of methoxy groups -OCH3 is 1. The lowest BCUT2D eigenvalue weighted by Crippen LogP contribution is -2.13. The van der Waals surface area contributed by atoms with Crippen molar-refractivity contribution in [3.8, 4) is 6.07 Å². The van der Waals surface area contributed by atoms with Gasteiger partial charge in [0.15, 0.2) is 11.5 Å². The Morgan fingerprint density at radius 1 is 1.31 bits per heavy atom. The second kappa shape index (κ2) is 7.56. The first-order valence-electron chi connectivity index (χ1n) is 4.90. The van der Waals surface area contributed by atoms with Crippen LogP contribution >= 0.6 is 0 Å². The summed E-state index contributed by atoms with van der Waals surface area (Å²) in [6, 6.07) is 1.96. The van der Waals surface area contributed by atoms with E-state index >= 15 is 0 Å². The molecule has 6 heteroatoms. The van der Waals surface area contributed by atoms with E-state index in [0.717, 1.165) is 0 Å². The maximum atomic E-state index is 8.75. The highest BCUT2D eigenvalue weighted by Crippen LogP contribution is 2.05. The van der Waals surface area contributed by atoms with Crippen molar-refractivity contribution in [3.63, 3.8) is 0 Å². The third kappa shape index (κ3) is 4.21. The first kappa shape index (κ1) is 12.4. The van der Waals surface area contributed by atoms with E-state index in [1.807, 2.05) is 6.07 Å². The zero-order chi connectivity index (χ0) is 11.6. The summed E-state index contributed by atoms with van der Waals surface area (Å²) in [6.07, 6.45) is 3.02. The van der Waals surface area contributed by atoms with Crippen LogP contribution in [-0.2, 0) is 9.47 Å². The van der Waals surface area contributed by atoms with Crippen LogP contribution in [0.25, 0.3) is 0 Å². The van der Waals surface area contributed by atoms with Gasteiger partial charge >= 0.3 is 0 Å². The number of nitriles is 1. The molecule has 0 saturated heterocycles. The summed E-state index contributed by atoms with van der Waals surface area (Å²) in [6.45, 7) is 2.25. The molecule has 1 rings (SSSR count). The molecule has 0 saturated carbocycles. The van der Waals surface area contributed by atoms with Crippen molar-refractivity contribution < 1.29 is 9.47 Å². The van der Waals surface area contributed by atoms with Gasteiger partial charge in [0.05, 0.1) is 19.8 Å². The number of anilines is 1. The molecule has 0 aliphatic heterocycles. The van der Waals surface area contributed by atoms with E-state index in [2.05, 4.69) is 15.3 Å². The Labute approximate surface area is 94.2 Å². The average molecular weight is 222 g/mol. The highest BCUT2D eigenvalue weighted by Gasteiger charge is 2.01. The molecule has 0 radical (unpaired) electrons. The largest absolute Gasteiger partial charge is 0.382 e. The second-order valence-electron chi connectivity index (χ2n) is 2.90. The van der Waals surface area contributed by atoms with Gasteiger partial charge in [0.1, 0.15) is 6.07 Å². The van der Waals surface area contributed by atoms with Gasteiger partial charge in [-0.25, -0.2) is 9.97 Å². The number of hydrogen-bond donors (Lipinski definition) is 1. The monoisotopic (exact) mass is 222 g/mol. The Kier molecular flexibility index (Phi) is 5.84. The maximum Gasteiger partial charge on any atom is 0.182 e. The molecular formula is C10H14N4O2. The lowest BCUT2D eigenvalue weighted by atomic mass is 10.4. The normalized spacial score (nSPS) is 9.75. The minimum atomic E-state index is 0.291. The number of nitrogens with zero attached hydrogens (tertiary/aromatic N) is 3. The van der Waals surface area contributed by atoms with E-state index in [9.17, 15) is 0 Å². The Balaban J connectivity index is 2.24. The SMILES string of the molecule is COCCOCCNc1nccnc1C#N. The summed E-state index contributed by atoms with van der Waals surface area (Å²) >= 11 is 0. The lowest BCUT2D eigenvalue weighted by molar-refractivity contribution is 0.0759. The number of ether oxygens (including phenoxy) is 2. The topological polar surface area (TPSA) is 80.1 Å². The number of aromatic nitrogens is 2. The van der Waals surface area contributed by atoms with E-state index in [0.29, 0.717) is 37.9 Å². The van der Waals surface area contributed by atoms with Gasteiger partial charge in [0, 0.05) is 26.0 Å². The Morgan fingerprint density at radius 3 is 2.88 bits per heavy atom. The predicted octanol–water partition coefficient (Wildman–Crippen LogP) is 0.423. The zero-order valence-corrected chi connectivity index (χ0v) is 9.14. The Hall–Kier alpha value is -1.71. The van der Waals surface area contributed by atoms with Crippen LogP contribution < -0.4 is 5.32 Å². The van der Waals surface area contributed by atoms with Gasteiger partial charge in [-0.15, -0.1) is 0 Å². The van der Waals surface area contributed by atoms with Crippen molar-refractivity contribution in [1.29, 1.82) is 5.26 Å². The quantitative estimate of drug-likeness (QED) is 0.673. The fourth-order valence-electron chi connectivity index (χ4n) is 1.04. The van der Waals surface area contributed by atoms with Gasteiger partial charge in [-0.2, -0.15) is 5.26 Å². The van der Waals surface area contributed by atoms with Crippen molar-refractivity contribution in [3.05, 3.63) is 18.1 Å². The number of nitrogens with one attached hydrogen (secondary N) is 1. The van der Waals surface area contributed by atoms with E-state index in [1.54, 1.807) is 7.11 Å². The van der Waals surface area contributed by atoms with Crippen molar-refractivity contribution in [2.75, 3.05) is 38.8 Å². The molecule has 0 atom stereocenters. The number of rotatable bonds is 7. The van der Waals surface area contributed by atoms with Crippen LogP contribution in [0.5, 0.6) is 0 Å². The molecule has 0 unspecified atom stereocenters. The van der Waals surface area contributed by atoms with Gasteiger partial charge < -0.3 is 14.8 Å². The van der Waals surface area contributed by atoms with Gasteiger partial charge in [-0.05, 0) is 0 Å². The summed E-state index contributed by atoms with van der Waals surface area (Å²) in [5.41, 5.74) is 0.291. The molecule has 0 spiro atoms. The fourth-order valence-corrected chi connectivity index (χ4v) is 1.04. The van der Waals surface area contributed by atoms with Crippen LogP contribution in [0.15, 0.2) is 12.4 Å². The molecule has 16 heavy (non-hydrogen) atoms. The van der Waals surface area contributed by atoms with E-state index in [1.165, 1.54) is 12.4 Å². The molecule has 0 aliphatic rings. The van der Waals surface area contributed by atoms with Crippen molar-refractivity contribution in [1.82, 2.24) is 9.97 Å². The molecular weight excluding hydrogens is 208 g/mol. The van der Waals surface area contributed by atoms with E-state index in [4.69, 9.17) is 14.7 Å². The molecule has 1 heterocycles. The van der Waals surface area contributed by atoms with E-state index in [-0.39, 0.29) is 0 Å². The minimum absolute atomic E-state index is 0.291. The van der Waals surface area contributed by atoms with Crippen LogP contribution in [0.2, 0.25) is 0 Å². The highest BCUT2D eigenvalue weighted by atomic mass is 16.5. The van der Waals surface area contributed by atoms with Gasteiger partial charge in [-0.3, -0.25) is 0 Å². The molecule has 1 aromatic rings. The molecule has 6 nitrogen and oxygen atoms in total. The third-order valence-corrected chi connectivity index (χ3v) is 1.77. The molecule has 0 fully saturated rings. The Bertz CT molecular complexity index is 351. The second-order valence-corrected chi connectivity index (χ2v) is 2.90. The maximum absolute atomic E-state index is 8.75. The summed E-state index contributed by atoms with van der Waals surface area (Å²) in [5.74, 6) is 0.486. The highest BCUT2D eigenvalue weighted by molar-refractivity contribution is 5.46. The number of hydrogen-bond acceptors (Lipinski definition) is 6. The minimum Gasteiger partial charge on any atom is -0.382 e. The summed E-state index contributed by atoms with van der Waals surface area (Å²) in [7, 11) is 1.63. The smallest absolute Gasteiger partial charge is 0.182 e. The molecule has 1 aromatic heterocycles. The van der Waals surface area contributed by atoms with Crippen LogP contribution in [0.4, 0.5) is 5.82 Å². The summed E-state index contributed by atoms with van der Waals surface area (Å²) < 4.78 is 10.1. The van der Waals surface area contributed by atoms with Crippen LogP contribution in [0.1, 0.15) is 5.69 Å². The van der Waals surface area contributed by atoms with Crippen molar-refractivity contribution >= 4 is 5.82 Å². The van der Waals surface area contributed by atoms with Crippen LogP contribution in [-0.4, -0.2) is 43.4 Å². The van der Waals surface area contributed by atoms with E-state index < -0.39 is 0 Å². The first-order valence-corrected chi connectivity index (χ1v) is 4.90. The third-order valence-electron chi connectivity index (χ3n) is 1.77. The van der Waals surface area contributed by atoms with Crippen molar-refractivity contribution in [2.45, 2.75) is 0 Å². The zero-order valence-electron chi connectivity index (χ0n) is 9.14. The fraction of sp³-hybridized carbons (Fsp3) is 0.500. The average Bonchev–Trinajstić information content (AvgIpc) is 2.34. The van der Waals surface area contributed by atoms with Gasteiger partial charge in [0.25, 0.3) is 0 Å². The molecule has 1 N–H and O–H groups in total.